The van der Waals surface area contributed by atoms with Crippen molar-refractivity contribution < 1.29 is 28.2 Å². The lowest BCUT2D eigenvalue weighted by Crippen LogP contribution is -2.46. The molecule has 0 fully saturated rings. The van der Waals surface area contributed by atoms with Gasteiger partial charge in [-0.1, -0.05) is 37.3 Å². The van der Waals surface area contributed by atoms with Crippen molar-refractivity contribution in [3.63, 3.8) is 0 Å². The Labute approximate surface area is 234 Å². The molecule has 0 aliphatic rings. The van der Waals surface area contributed by atoms with Gasteiger partial charge in [-0.25, -0.2) is 8.78 Å². The number of hydrogen-bond acceptors (Lipinski definition) is 5. The third-order valence-corrected chi connectivity index (χ3v) is 6.62. The highest BCUT2D eigenvalue weighted by Crippen LogP contribution is 2.25. The summed E-state index contributed by atoms with van der Waals surface area (Å²) in [6.45, 7) is 4.02. The first-order chi connectivity index (χ1) is 19.1. The van der Waals surface area contributed by atoms with Crippen LogP contribution in [0.2, 0.25) is 0 Å². The number of nitrogens with one attached hydrogen (secondary N) is 1. The molecule has 7 nitrogen and oxygen atoms in total. The maximum atomic E-state index is 13.6. The fourth-order valence-corrected chi connectivity index (χ4v) is 4.43. The molecule has 0 radical (unpaired) electrons. The van der Waals surface area contributed by atoms with Gasteiger partial charge in [0.05, 0.1) is 18.9 Å². The molecule has 2 atom stereocenters. The summed E-state index contributed by atoms with van der Waals surface area (Å²) in [6.07, 6.45) is -0.502. The molecule has 4 N–H and O–H groups in total. The molecular formula is C31H37F2N3O4. The number of benzene rings is 3. The van der Waals surface area contributed by atoms with Gasteiger partial charge in [-0.05, 0) is 66.3 Å². The number of rotatable bonds is 13. The molecule has 0 bridgehead atoms. The Balaban J connectivity index is 1.69. The molecule has 3 aromatic rings. The topological polar surface area (TPSA) is 105 Å². The molecule has 3 rings (SSSR count). The van der Waals surface area contributed by atoms with Crippen molar-refractivity contribution in [3.8, 4) is 5.75 Å². The Kier molecular flexibility index (Phi) is 11.2. The number of halogens is 2. The minimum absolute atomic E-state index is 0.0178. The quantitative estimate of drug-likeness (QED) is 0.289. The number of carbonyl (C=O) groups is 2. The van der Waals surface area contributed by atoms with E-state index in [1.807, 2.05) is 44.2 Å². The van der Waals surface area contributed by atoms with Crippen LogP contribution in [0.4, 0.5) is 14.5 Å². The summed E-state index contributed by atoms with van der Waals surface area (Å²) in [5, 5.41) is 13.7. The number of methoxy groups -OCH3 is 1. The number of nitrogens with two attached hydrogens (primary N) is 1. The highest BCUT2D eigenvalue weighted by molar-refractivity contribution is 5.94. The highest BCUT2D eigenvalue weighted by atomic mass is 19.1. The Morgan fingerprint density at radius 3 is 2.38 bits per heavy atom. The maximum Gasteiger partial charge on any atom is 0.224 e. The van der Waals surface area contributed by atoms with Crippen molar-refractivity contribution in [2.45, 2.75) is 58.2 Å². The minimum Gasteiger partial charge on any atom is -0.495 e. The van der Waals surface area contributed by atoms with E-state index >= 15 is 0 Å². The van der Waals surface area contributed by atoms with Crippen LogP contribution in [0.3, 0.4) is 0 Å². The summed E-state index contributed by atoms with van der Waals surface area (Å²) in [5.74, 6) is -1.64. The molecule has 0 aliphatic carbocycles. The molecule has 0 spiro atoms. The number of nitrogens with zero attached hydrogens (tertiary/aromatic N) is 1. The smallest absolute Gasteiger partial charge is 0.224 e. The molecule has 3 aromatic carbocycles. The lowest BCUT2D eigenvalue weighted by molar-refractivity contribution is -0.135. The van der Waals surface area contributed by atoms with Crippen LogP contribution in [0, 0.1) is 18.6 Å². The minimum atomic E-state index is -1.17. The van der Waals surface area contributed by atoms with E-state index in [4.69, 9.17) is 10.5 Å². The number of carbonyl (C=O) groups excluding carboxylic acids is 2. The molecule has 0 saturated carbocycles. The van der Waals surface area contributed by atoms with Crippen molar-refractivity contribution >= 4 is 17.5 Å². The van der Waals surface area contributed by atoms with Crippen molar-refractivity contribution in [2.24, 2.45) is 5.73 Å². The number of amides is 2. The van der Waals surface area contributed by atoms with E-state index < -0.39 is 23.8 Å². The van der Waals surface area contributed by atoms with Crippen LogP contribution in [-0.4, -0.2) is 47.6 Å². The van der Waals surface area contributed by atoms with Gasteiger partial charge < -0.3 is 25.8 Å². The second kappa shape index (κ2) is 14.5. The molecule has 40 heavy (non-hydrogen) atoms. The number of aliphatic hydroxyl groups excluding tert-OH is 1. The van der Waals surface area contributed by atoms with Gasteiger partial charge in [0.15, 0.2) is 0 Å². The molecule has 214 valence electrons. The zero-order valence-electron chi connectivity index (χ0n) is 23.1. The monoisotopic (exact) mass is 553 g/mol. The van der Waals surface area contributed by atoms with Gasteiger partial charge in [0.2, 0.25) is 11.8 Å². The second-order valence-corrected chi connectivity index (χ2v) is 9.91. The van der Waals surface area contributed by atoms with Crippen LogP contribution < -0.4 is 15.8 Å². The summed E-state index contributed by atoms with van der Waals surface area (Å²) in [6, 6.07) is 15.4. The average molecular weight is 554 g/mol. The number of ether oxygens (including phenoxy) is 1. The number of aliphatic hydroxyl groups is 1. The van der Waals surface area contributed by atoms with Crippen molar-refractivity contribution in [3.05, 3.63) is 94.6 Å². The maximum absolute atomic E-state index is 13.6. The van der Waals surface area contributed by atoms with Gasteiger partial charge in [-0.15, -0.1) is 0 Å². The summed E-state index contributed by atoms with van der Waals surface area (Å²) in [7, 11) is 1.51. The van der Waals surface area contributed by atoms with Gasteiger partial charge in [0.1, 0.15) is 17.4 Å². The van der Waals surface area contributed by atoms with Gasteiger partial charge in [-0.3, -0.25) is 9.59 Å². The zero-order chi connectivity index (χ0) is 29.2. The summed E-state index contributed by atoms with van der Waals surface area (Å²) in [5.41, 5.74) is 9.91. The predicted molar refractivity (Wildman–Crippen MR) is 151 cm³/mol. The van der Waals surface area contributed by atoms with Gasteiger partial charge in [-0.2, -0.15) is 0 Å². The molecule has 2 amide bonds. The predicted octanol–water partition coefficient (Wildman–Crippen LogP) is 4.52. The van der Waals surface area contributed by atoms with Crippen LogP contribution in [0.15, 0.2) is 60.7 Å². The largest absolute Gasteiger partial charge is 0.495 e. The summed E-state index contributed by atoms with van der Waals surface area (Å²) >= 11 is 0. The van der Waals surface area contributed by atoms with E-state index in [2.05, 4.69) is 5.32 Å². The van der Waals surface area contributed by atoms with Gasteiger partial charge >= 0.3 is 0 Å². The van der Waals surface area contributed by atoms with Crippen molar-refractivity contribution in [1.82, 2.24) is 4.90 Å². The molecule has 0 unspecified atom stereocenters. The van der Waals surface area contributed by atoms with Crippen LogP contribution in [0.25, 0.3) is 0 Å². The average Bonchev–Trinajstić information content (AvgIpc) is 2.91. The first-order valence-corrected chi connectivity index (χ1v) is 13.3. The Hall–Kier alpha value is -3.82. The lowest BCUT2D eigenvalue weighted by Gasteiger charge is -2.28. The SMILES string of the molecule is CCc1cccc(CN(C[C@@H](O)[C@@H](N)Cc2cc(F)cc(F)c2)C(=O)CCC(=O)Nc2cc(C)ccc2OC)c1. The molecule has 0 saturated heterocycles. The fourth-order valence-electron chi connectivity index (χ4n) is 4.43. The van der Waals surface area contributed by atoms with E-state index in [0.29, 0.717) is 17.0 Å². The van der Waals surface area contributed by atoms with Gasteiger partial charge in [0.25, 0.3) is 0 Å². The lowest BCUT2D eigenvalue weighted by atomic mass is 10.0. The van der Waals surface area contributed by atoms with Crippen molar-refractivity contribution in [1.29, 1.82) is 0 Å². The summed E-state index contributed by atoms with van der Waals surface area (Å²) in [4.78, 5) is 27.5. The number of anilines is 1. The third kappa shape index (κ3) is 9.14. The van der Waals surface area contributed by atoms with E-state index in [1.165, 1.54) is 12.0 Å². The van der Waals surface area contributed by atoms with Crippen LogP contribution in [0.1, 0.15) is 42.0 Å². The van der Waals surface area contributed by atoms with Crippen molar-refractivity contribution in [2.75, 3.05) is 19.0 Å². The molecule has 0 aromatic heterocycles. The normalized spacial score (nSPS) is 12.5. The molecule has 9 heteroatoms. The zero-order valence-corrected chi connectivity index (χ0v) is 23.1. The Morgan fingerprint density at radius 2 is 1.70 bits per heavy atom. The van der Waals surface area contributed by atoms with E-state index in [9.17, 15) is 23.5 Å². The van der Waals surface area contributed by atoms with E-state index in [0.717, 1.165) is 41.3 Å². The van der Waals surface area contributed by atoms with E-state index in [-0.39, 0.29) is 44.2 Å². The highest BCUT2D eigenvalue weighted by Gasteiger charge is 2.24. The van der Waals surface area contributed by atoms with Crippen LogP contribution in [0.5, 0.6) is 5.75 Å². The van der Waals surface area contributed by atoms with Crippen LogP contribution >= 0.6 is 0 Å². The molecule has 0 aliphatic heterocycles. The second-order valence-electron chi connectivity index (χ2n) is 9.91. The first-order valence-electron chi connectivity index (χ1n) is 13.3. The fraction of sp³-hybridized carbons (Fsp3) is 0.355. The first kappa shape index (κ1) is 30.7. The number of hydrogen-bond donors (Lipinski definition) is 3. The van der Waals surface area contributed by atoms with E-state index in [1.54, 1.807) is 12.1 Å². The van der Waals surface area contributed by atoms with Gasteiger partial charge in [0, 0.05) is 38.0 Å². The Morgan fingerprint density at radius 1 is 1.00 bits per heavy atom. The summed E-state index contributed by atoms with van der Waals surface area (Å²) < 4.78 is 32.5. The standard InChI is InChI=1S/C31H37F2N3O4/c1-4-21-6-5-7-22(13-21)18-36(19-28(37)26(34)16-23-14-24(32)17-25(33)15-23)31(39)11-10-30(38)35-27-12-20(2)8-9-29(27)40-3/h5-9,12-15,17,26,28,37H,4,10-11,16,18-19,34H2,1-3H3,(H,35,38)/t26-,28+/m0/s1. The third-order valence-electron chi connectivity index (χ3n) is 6.62. The Bertz CT molecular complexity index is 1300. The molecule has 0 heterocycles. The molecular weight excluding hydrogens is 516 g/mol. The number of aryl methyl sites for hydroxylation is 2. The van der Waals surface area contributed by atoms with Crippen LogP contribution in [-0.2, 0) is 29.0 Å².